The van der Waals surface area contributed by atoms with Gasteiger partial charge in [-0.1, -0.05) is 30.3 Å². The highest BCUT2D eigenvalue weighted by Crippen LogP contribution is 2.15. The van der Waals surface area contributed by atoms with Crippen LogP contribution in [0.5, 0.6) is 0 Å². The summed E-state index contributed by atoms with van der Waals surface area (Å²) >= 11 is 0. The van der Waals surface area contributed by atoms with E-state index in [-0.39, 0.29) is 0 Å². The molecule has 1 saturated heterocycles. The first-order valence-corrected chi connectivity index (χ1v) is 3.94. The van der Waals surface area contributed by atoms with Crippen molar-refractivity contribution in [3.63, 3.8) is 0 Å². The van der Waals surface area contributed by atoms with Crippen molar-refractivity contribution >= 4 is 0 Å². The molecule has 0 spiro atoms. The van der Waals surface area contributed by atoms with Crippen molar-refractivity contribution in [3.8, 4) is 0 Å². The predicted octanol–water partition coefficient (Wildman–Crippen LogP) is 1.83. The van der Waals surface area contributed by atoms with Gasteiger partial charge in [-0.3, -0.25) is 0 Å². The molecule has 11 heavy (non-hydrogen) atoms. The van der Waals surface area contributed by atoms with Crippen LogP contribution in [0.3, 0.4) is 0 Å². The standard InChI is InChI=1S/C10H11O/c1-2-4-9(5-3-1)6-7-10-8-11-10/h1-5,7,10H,6,8H2. The fourth-order valence-corrected chi connectivity index (χ4v) is 1.07. The lowest BCUT2D eigenvalue weighted by Gasteiger charge is -1.96. The van der Waals surface area contributed by atoms with E-state index < -0.39 is 0 Å². The van der Waals surface area contributed by atoms with Gasteiger partial charge in [0.2, 0.25) is 0 Å². The molecule has 1 aliphatic heterocycles. The Morgan fingerprint density at radius 1 is 1.36 bits per heavy atom. The van der Waals surface area contributed by atoms with E-state index in [0.29, 0.717) is 6.10 Å². The SMILES string of the molecule is [CH](Cc1ccccc1)C1CO1. The lowest BCUT2D eigenvalue weighted by Crippen LogP contribution is -1.91. The highest BCUT2D eigenvalue weighted by Gasteiger charge is 2.21. The maximum Gasteiger partial charge on any atom is 0.0844 e. The quantitative estimate of drug-likeness (QED) is 0.594. The van der Waals surface area contributed by atoms with Crippen LogP contribution in [-0.2, 0) is 11.2 Å². The second-order valence-electron chi connectivity index (χ2n) is 2.80. The van der Waals surface area contributed by atoms with Crippen LogP contribution in [0.25, 0.3) is 0 Å². The third-order valence-corrected chi connectivity index (χ3v) is 1.82. The first-order valence-electron chi connectivity index (χ1n) is 3.94. The third-order valence-electron chi connectivity index (χ3n) is 1.82. The molecule has 0 N–H and O–H groups in total. The lowest BCUT2D eigenvalue weighted by atomic mass is 10.1. The van der Waals surface area contributed by atoms with Crippen LogP contribution in [0, 0.1) is 6.42 Å². The van der Waals surface area contributed by atoms with Crippen molar-refractivity contribution in [1.82, 2.24) is 0 Å². The summed E-state index contributed by atoms with van der Waals surface area (Å²) in [4.78, 5) is 0. The molecule has 1 unspecified atom stereocenters. The van der Waals surface area contributed by atoms with E-state index in [2.05, 4.69) is 30.7 Å². The lowest BCUT2D eigenvalue weighted by molar-refractivity contribution is 0.427. The summed E-state index contributed by atoms with van der Waals surface area (Å²) in [5, 5.41) is 0. The van der Waals surface area contributed by atoms with Gasteiger partial charge in [0, 0.05) is 0 Å². The fourth-order valence-electron chi connectivity index (χ4n) is 1.07. The topological polar surface area (TPSA) is 12.5 Å². The van der Waals surface area contributed by atoms with Crippen molar-refractivity contribution in [1.29, 1.82) is 0 Å². The van der Waals surface area contributed by atoms with Crippen LogP contribution in [0.2, 0.25) is 0 Å². The van der Waals surface area contributed by atoms with E-state index in [1.54, 1.807) is 0 Å². The Kier molecular flexibility index (Phi) is 1.91. The first-order chi connectivity index (χ1) is 5.45. The van der Waals surface area contributed by atoms with E-state index in [1.807, 2.05) is 6.07 Å². The maximum atomic E-state index is 5.07. The highest BCUT2D eigenvalue weighted by atomic mass is 16.6. The van der Waals surface area contributed by atoms with Crippen LogP contribution < -0.4 is 0 Å². The minimum atomic E-state index is 0.440. The van der Waals surface area contributed by atoms with E-state index in [9.17, 15) is 0 Å². The fraction of sp³-hybridized carbons (Fsp3) is 0.300. The van der Waals surface area contributed by atoms with Crippen LogP contribution in [0.4, 0.5) is 0 Å². The summed E-state index contributed by atoms with van der Waals surface area (Å²) in [6.45, 7) is 0.923. The molecule has 1 fully saturated rings. The summed E-state index contributed by atoms with van der Waals surface area (Å²) in [5.74, 6) is 0. The molecule has 1 aromatic rings. The van der Waals surface area contributed by atoms with Gasteiger partial charge in [0.25, 0.3) is 0 Å². The normalized spacial score (nSPS) is 21.6. The minimum absolute atomic E-state index is 0.440. The Morgan fingerprint density at radius 3 is 2.73 bits per heavy atom. The Labute approximate surface area is 67.0 Å². The van der Waals surface area contributed by atoms with Gasteiger partial charge >= 0.3 is 0 Å². The van der Waals surface area contributed by atoms with Gasteiger partial charge in [-0.05, 0) is 18.4 Å². The summed E-state index contributed by atoms with van der Waals surface area (Å²) < 4.78 is 5.07. The van der Waals surface area contributed by atoms with Crippen LogP contribution in [0.15, 0.2) is 30.3 Å². The second kappa shape index (κ2) is 3.05. The molecular weight excluding hydrogens is 136 g/mol. The molecule has 2 rings (SSSR count). The van der Waals surface area contributed by atoms with E-state index in [1.165, 1.54) is 5.56 Å². The van der Waals surface area contributed by atoms with Crippen LogP contribution in [-0.4, -0.2) is 12.7 Å². The minimum Gasteiger partial charge on any atom is -0.373 e. The number of benzene rings is 1. The molecule has 1 aromatic carbocycles. The van der Waals surface area contributed by atoms with Gasteiger partial charge in [0.05, 0.1) is 12.7 Å². The van der Waals surface area contributed by atoms with E-state index >= 15 is 0 Å². The molecule has 57 valence electrons. The van der Waals surface area contributed by atoms with E-state index in [0.717, 1.165) is 13.0 Å². The molecule has 0 aromatic heterocycles. The molecule has 1 radical (unpaired) electrons. The smallest absolute Gasteiger partial charge is 0.0844 e. The average Bonchev–Trinajstić information content (AvgIpc) is 2.86. The molecule has 1 nitrogen and oxygen atoms in total. The largest absolute Gasteiger partial charge is 0.373 e. The third kappa shape index (κ3) is 2.05. The number of rotatable bonds is 3. The number of hydrogen-bond donors (Lipinski definition) is 0. The van der Waals surface area contributed by atoms with Crippen molar-refractivity contribution in [2.24, 2.45) is 0 Å². The molecule has 0 bridgehead atoms. The molecule has 1 aliphatic rings. The Bertz CT molecular complexity index is 214. The number of hydrogen-bond acceptors (Lipinski definition) is 1. The zero-order chi connectivity index (χ0) is 7.52. The zero-order valence-electron chi connectivity index (χ0n) is 6.36. The molecular formula is C10H11O. The molecule has 0 amide bonds. The second-order valence-corrected chi connectivity index (χ2v) is 2.80. The van der Waals surface area contributed by atoms with Gasteiger partial charge < -0.3 is 4.74 Å². The molecule has 1 heterocycles. The van der Waals surface area contributed by atoms with Crippen molar-refractivity contribution in [2.45, 2.75) is 12.5 Å². The van der Waals surface area contributed by atoms with Crippen molar-refractivity contribution in [3.05, 3.63) is 42.3 Å². The molecule has 0 aliphatic carbocycles. The Morgan fingerprint density at radius 2 is 2.09 bits per heavy atom. The van der Waals surface area contributed by atoms with Crippen molar-refractivity contribution in [2.75, 3.05) is 6.61 Å². The molecule has 1 atom stereocenters. The molecule has 1 heteroatoms. The summed E-state index contributed by atoms with van der Waals surface area (Å²) in [7, 11) is 0. The molecule has 0 saturated carbocycles. The first kappa shape index (κ1) is 6.86. The van der Waals surface area contributed by atoms with Crippen molar-refractivity contribution < 1.29 is 4.74 Å². The average molecular weight is 147 g/mol. The maximum absolute atomic E-state index is 5.07. The predicted molar refractivity (Wildman–Crippen MR) is 44.2 cm³/mol. The number of ether oxygens (including phenoxy) is 1. The van der Waals surface area contributed by atoms with Gasteiger partial charge in [-0.25, -0.2) is 0 Å². The van der Waals surface area contributed by atoms with Gasteiger partial charge in [-0.2, -0.15) is 0 Å². The summed E-state index contributed by atoms with van der Waals surface area (Å²) in [5.41, 5.74) is 1.36. The highest BCUT2D eigenvalue weighted by molar-refractivity contribution is 5.17. The van der Waals surface area contributed by atoms with Crippen LogP contribution in [0.1, 0.15) is 5.56 Å². The van der Waals surface area contributed by atoms with Gasteiger partial charge in [-0.15, -0.1) is 0 Å². The Balaban J connectivity index is 1.85. The number of epoxide rings is 1. The van der Waals surface area contributed by atoms with Crippen LogP contribution >= 0.6 is 0 Å². The monoisotopic (exact) mass is 147 g/mol. The van der Waals surface area contributed by atoms with E-state index in [4.69, 9.17) is 4.74 Å². The van der Waals surface area contributed by atoms with Gasteiger partial charge in [0.1, 0.15) is 0 Å². The summed E-state index contributed by atoms with van der Waals surface area (Å²) in [6, 6.07) is 10.4. The zero-order valence-corrected chi connectivity index (χ0v) is 6.36. The summed E-state index contributed by atoms with van der Waals surface area (Å²) in [6.07, 6.45) is 3.69. The van der Waals surface area contributed by atoms with Gasteiger partial charge in [0.15, 0.2) is 0 Å². The Hall–Kier alpha value is -0.820.